The van der Waals surface area contributed by atoms with E-state index in [0.29, 0.717) is 0 Å². The average molecular weight is 375 g/mol. The standard InChI is InChI=1S/C23H25N3O2/c27-18-12-14-26(15-13-18)22-11-4-3-9-21(22)24-16-23(28)25-20-10-5-7-17-6-1-2-8-19(17)20/h1-11,18,24,27H,12-16H2,(H,25,28). The predicted molar refractivity (Wildman–Crippen MR) is 115 cm³/mol. The number of nitrogens with one attached hydrogen (secondary N) is 2. The first-order valence-electron chi connectivity index (χ1n) is 9.74. The number of hydrogen-bond donors (Lipinski definition) is 3. The molecule has 0 unspecified atom stereocenters. The normalized spacial score (nSPS) is 14.8. The van der Waals surface area contributed by atoms with Gasteiger partial charge in [-0.3, -0.25) is 4.79 Å². The van der Waals surface area contributed by atoms with Crippen LogP contribution in [0.4, 0.5) is 17.1 Å². The van der Waals surface area contributed by atoms with Crippen molar-refractivity contribution in [2.24, 2.45) is 0 Å². The smallest absolute Gasteiger partial charge is 0.243 e. The molecule has 144 valence electrons. The van der Waals surface area contributed by atoms with Crippen LogP contribution in [-0.2, 0) is 4.79 Å². The van der Waals surface area contributed by atoms with Crippen LogP contribution >= 0.6 is 0 Å². The number of para-hydroxylation sites is 2. The maximum Gasteiger partial charge on any atom is 0.243 e. The molecule has 0 bridgehead atoms. The van der Waals surface area contributed by atoms with Gasteiger partial charge in [-0.25, -0.2) is 0 Å². The molecule has 3 aromatic carbocycles. The van der Waals surface area contributed by atoms with Crippen molar-refractivity contribution in [3.05, 3.63) is 66.7 Å². The van der Waals surface area contributed by atoms with Crippen LogP contribution in [0.15, 0.2) is 66.7 Å². The van der Waals surface area contributed by atoms with Crippen molar-refractivity contribution in [1.82, 2.24) is 0 Å². The SMILES string of the molecule is O=C(CNc1ccccc1N1CCC(O)CC1)Nc1cccc2ccccc12. The average Bonchev–Trinajstić information content (AvgIpc) is 2.73. The third-order valence-corrected chi connectivity index (χ3v) is 5.21. The lowest BCUT2D eigenvalue weighted by molar-refractivity contribution is -0.114. The van der Waals surface area contributed by atoms with Gasteiger partial charge in [0.15, 0.2) is 0 Å². The fourth-order valence-electron chi connectivity index (χ4n) is 3.71. The number of amides is 1. The summed E-state index contributed by atoms with van der Waals surface area (Å²) < 4.78 is 0. The van der Waals surface area contributed by atoms with Crippen LogP contribution in [0.3, 0.4) is 0 Å². The van der Waals surface area contributed by atoms with Gasteiger partial charge in [0.25, 0.3) is 0 Å². The molecular weight excluding hydrogens is 350 g/mol. The highest BCUT2D eigenvalue weighted by Gasteiger charge is 2.19. The Bertz CT molecular complexity index is 959. The van der Waals surface area contributed by atoms with Gasteiger partial charge in [-0.15, -0.1) is 0 Å². The summed E-state index contributed by atoms with van der Waals surface area (Å²) in [6, 6.07) is 21.9. The number of fused-ring (bicyclic) bond motifs is 1. The van der Waals surface area contributed by atoms with Crippen LogP contribution in [0.25, 0.3) is 10.8 Å². The summed E-state index contributed by atoms with van der Waals surface area (Å²) in [5.41, 5.74) is 2.84. The maximum absolute atomic E-state index is 12.5. The first-order chi connectivity index (χ1) is 13.7. The predicted octanol–water partition coefficient (Wildman–Crippen LogP) is 3.85. The molecule has 0 atom stereocenters. The molecule has 1 amide bonds. The number of hydrogen-bond acceptors (Lipinski definition) is 4. The molecule has 3 aromatic rings. The van der Waals surface area contributed by atoms with Crippen LogP contribution < -0.4 is 15.5 Å². The highest BCUT2D eigenvalue weighted by Crippen LogP contribution is 2.28. The van der Waals surface area contributed by atoms with E-state index in [2.05, 4.69) is 21.6 Å². The summed E-state index contributed by atoms with van der Waals surface area (Å²) in [7, 11) is 0. The summed E-state index contributed by atoms with van der Waals surface area (Å²) >= 11 is 0. The molecule has 0 saturated carbocycles. The van der Waals surface area contributed by atoms with Crippen molar-refractivity contribution in [3.8, 4) is 0 Å². The number of carbonyl (C=O) groups is 1. The van der Waals surface area contributed by atoms with Crippen molar-refractivity contribution in [3.63, 3.8) is 0 Å². The molecular formula is C23H25N3O2. The molecule has 0 aromatic heterocycles. The Kier molecular flexibility index (Phi) is 5.44. The van der Waals surface area contributed by atoms with Gasteiger partial charge in [0.2, 0.25) is 5.91 Å². The van der Waals surface area contributed by atoms with Crippen LogP contribution in [0.5, 0.6) is 0 Å². The van der Waals surface area contributed by atoms with E-state index >= 15 is 0 Å². The van der Waals surface area contributed by atoms with Crippen molar-refractivity contribution in [2.75, 3.05) is 35.2 Å². The minimum atomic E-state index is -0.206. The summed E-state index contributed by atoms with van der Waals surface area (Å²) in [6.07, 6.45) is 1.34. The van der Waals surface area contributed by atoms with E-state index in [1.165, 1.54) is 0 Å². The number of benzene rings is 3. The van der Waals surface area contributed by atoms with Gasteiger partial charge < -0.3 is 20.6 Å². The third kappa shape index (κ3) is 4.10. The molecule has 0 spiro atoms. The minimum Gasteiger partial charge on any atom is -0.393 e. The minimum absolute atomic E-state index is 0.0831. The van der Waals surface area contributed by atoms with Gasteiger partial charge in [0.05, 0.1) is 24.0 Å². The van der Waals surface area contributed by atoms with Crippen molar-refractivity contribution < 1.29 is 9.90 Å². The van der Waals surface area contributed by atoms with Crippen molar-refractivity contribution >= 4 is 33.7 Å². The molecule has 0 aliphatic carbocycles. The molecule has 5 nitrogen and oxygen atoms in total. The molecule has 1 fully saturated rings. The van der Waals surface area contributed by atoms with E-state index in [-0.39, 0.29) is 18.6 Å². The Morgan fingerprint density at radius 1 is 0.929 bits per heavy atom. The quantitative estimate of drug-likeness (QED) is 0.634. The van der Waals surface area contributed by atoms with Gasteiger partial charge in [-0.2, -0.15) is 0 Å². The Hall–Kier alpha value is -3.05. The third-order valence-electron chi connectivity index (χ3n) is 5.21. The van der Waals surface area contributed by atoms with Gasteiger partial charge in [-0.05, 0) is 36.4 Å². The molecule has 1 aliphatic rings. The summed E-state index contributed by atoms with van der Waals surface area (Å²) in [5.74, 6) is -0.0831. The topological polar surface area (TPSA) is 64.6 Å². The van der Waals surface area contributed by atoms with Gasteiger partial charge in [0, 0.05) is 24.2 Å². The first-order valence-corrected chi connectivity index (χ1v) is 9.74. The number of piperidine rings is 1. The van der Waals surface area contributed by atoms with Crippen LogP contribution in [0, 0.1) is 0 Å². The van der Waals surface area contributed by atoms with Gasteiger partial charge in [-0.1, -0.05) is 48.5 Å². The second-order valence-electron chi connectivity index (χ2n) is 7.16. The first kappa shape index (κ1) is 18.3. The monoisotopic (exact) mass is 375 g/mol. The van der Waals surface area contributed by atoms with Crippen molar-refractivity contribution in [2.45, 2.75) is 18.9 Å². The number of rotatable bonds is 5. The number of aliphatic hydroxyl groups excluding tert-OH is 1. The Labute approximate surface area is 165 Å². The second kappa shape index (κ2) is 8.31. The Morgan fingerprint density at radius 3 is 2.46 bits per heavy atom. The maximum atomic E-state index is 12.5. The van der Waals surface area contributed by atoms with Gasteiger partial charge in [0.1, 0.15) is 0 Å². The molecule has 5 heteroatoms. The van der Waals surface area contributed by atoms with Crippen LogP contribution in [0.1, 0.15) is 12.8 Å². The van der Waals surface area contributed by atoms with E-state index in [4.69, 9.17) is 0 Å². The number of aliphatic hydroxyl groups is 1. The van der Waals surface area contributed by atoms with E-state index in [1.54, 1.807) is 0 Å². The zero-order valence-electron chi connectivity index (χ0n) is 15.8. The Balaban J connectivity index is 1.43. The molecule has 1 saturated heterocycles. The summed E-state index contributed by atoms with van der Waals surface area (Å²) in [6.45, 7) is 1.83. The number of anilines is 3. The molecule has 1 heterocycles. The molecule has 0 radical (unpaired) electrons. The lowest BCUT2D eigenvalue weighted by Crippen LogP contribution is -2.36. The summed E-state index contributed by atoms with van der Waals surface area (Å²) in [4.78, 5) is 14.8. The highest BCUT2D eigenvalue weighted by atomic mass is 16.3. The van der Waals surface area contributed by atoms with E-state index in [9.17, 15) is 9.90 Å². The van der Waals surface area contributed by atoms with Gasteiger partial charge >= 0.3 is 0 Å². The molecule has 4 rings (SSSR count). The summed E-state index contributed by atoms with van der Waals surface area (Å²) in [5, 5.41) is 18.2. The van der Waals surface area contributed by atoms with Crippen LogP contribution in [0.2, 0.25) is 0 Å². The molecule has 3 N–H and O–H groups in total. The number of nitrogens with zero attached hydrogens (tertiary/aromatic N) is 1. The fraction of sp³-hybridized carbons (Fsp3) is 0.261. The lowest BCUT2D eigenvalue weighted by Gasteiger charge is -2.32. The van der Waals surface area contributed by atoms with E-state index in [1.807, 2.05) is 60.7 Å². The largest absolute Gasteiger partial charge is 0.393 e. The Morgan fingerprint density at radius 2 is 1.61 bits per heavy atom. The van der Waals surface area contributed by atoms with E-state index < -0.39 is 0 Å². The highest BCUT2D eigenvalue weighted by molar-refractivity contribution is 6.03. The number of carbonyl (C=O) groups excluding carboxylic acids is 1. The van der Waals surface area contributed by atoms with E-state index in [0.717, 1.165) is 53.8 Å². The molecule has 1 aliphatic heterocycles. The fourth-order valence-corrected chi connectivity index (χ4v) is 3.71. The van der Waals surface area contributed by atoms with Crippen LogP contribution in [-0.4, -0.2) is 36.8 Å². The zero-order valence-corrected chi connectivity index (χ0v) is 15.8. The lowest BCUT2D eigenvalue weighted by atomic mass is 10.1. The second-order valence-corrected chi connectivity index (χ2v) is 7.16. The zero-order chi connectivity index (χ0) is 19.3. The molecule has 28 heavy (non-hydrogen) atoms. The van der Waals surface area contributed by atoms with Crippen molar-refractivity contribution in [1.29, 1.82) is 0 Å².